The Hall–Kier alpha value is -0.880. The van der Waals surface area contributed by atoms with Gasteiger partial charge in [-0.15, -0.1) is 0 Å². The molecule has 1 aromatic heterocycles. The third-order valence-corrected chi connectivity index (χ3v) is 3.59. The lowest BCUT2D eigenvalue weighted by Crippen LogP contribution is -2.44. The molecule has 1 aromatic rings. The van der Waals surface area contributed by atoms with Gasteiger partial charge in [-0.05, 0) is 36.3 Å². The number of hydrogen-bond donors (Lipinski definition) is 2. The number of aryl methyl sites for hydroxylation is 1. The maximum absolute atomic E-state index is 11.2. The van der Waals surface area contributed by atoms with Crippen molar-refractivity contribution >= 4 is 21.8 Å². The van der Waals surface area contributed by atoms with Gasteiger partial charge in [0, 0.05) is 5.69 Å². The molecule has 0 spiro atoms. The van der Waals surface area contributed by atoms with Gasteiger partial charge in [-0.3, -0.25) is 9.48 Å². The highest BCUT2D eigenvalue weighted by molar-refractivity contribution is 9.10. The molecule has 1 heterocycles. The number of nitrogens with zero attached hydrogens (tertiary/aromatic N) is 2. The SMILES string of the molecule is CCNC(Cn1nc(C)c(Br)c1C)C(N)=O. The summed E-state index contributed by atoms with van der Waals surface area (Å²) in [6, 6.07) is -0.380. The van der Waals surface area contributed by atoms with E-state index >= 15 is 0 Å². The van der Waals surface area contributed by atoms with Crippen molar-refractivity contribution in [2.24, 2.45) is 5.73 Å². The number of halogens is 1. The van der Waals surface area contributed by atoms with Crippen molar-refractivity contribution < 1.29 is 4.79 Å². The average Bonchev–Trinajstić information content (AvgIpc) is 2.45. The summed E-state index contributed by atoms with van der Waals surface area (Å²) in [4.78, 5) is 11.2. The maximum atomic E-state index is 11.2. The molecule has 1 unspecified atom stereocenters. The number of primary amides is 1. The van der Waals surface area contributed by atoms with Crippen LogP contribution in [0.2, 0.25) is 0 Å². The molecule has 0 saturated heterocycles. The molecule has 0 aliphatic rings. The number of rotatable bonds is 5. The van der Waals surface area contributed by atoms with E-state index in [9.17, 15) is 4.79 Å². The Morgan fingerprint density at radius 3 is 2.62 bits per heavy atom. The van der Waals surface area contributed by atoms with E-state index in [1.54, 1.807) is 4.68 Å². The zero-order valence-corrected chi connectivity index (χ0v) is 11.3. The van der Waals surface area contributed by atoms with Crippen molar-refractivity contribution in [1.82, 2.24) is 15.1 Å². The summed E-state index contributed by atoms with van der Waals surface area (Å²) >= 11 is 3.45. The molecule has 90 valence electrons. The van der Waals surface area contributed by atoms with Gasteiger partial charge in [-0.2, -0.15) is 5.10 Å². The number of amides is 1. The van der Waals surface area contributed by atoms with Crippen molar-refractivity contribution in [2.45, 2.75) is 33.4 Å². The van der Waals surface area contributed by atoms with Crippen molar-refractivity contribution in [1.29, 1.82) is 0 Å². The van der Waals surface area contributed by atoms with E-state index in [0.29, 0.717) is 13.1 Å². The minimum absolute atomic E-state index is 0.356. The van der Waals surface area contributed by atoms with Crippen molar-refractivity contribution in [2.75, 3.05) is 6.54 Å². The number of hydrogen-bond acceptors (Lipinski definition) is 3. The number of likely N-dealkylation sites (N-methyl/N-ethyl adjacent to an activating group) is 1. The summed E-state index contributed by atoms with van der Waals surface area (Å²) in [6.07, 6.45) is 0. The second-order valence-electron chi connectivity index (χ2n) is 3.68. The first-order valence-corrected chi connectivity index (χ1v) is 5.98. The van der Waals surface area contributed by atoms with Crippen LogP contribution in [0.1, 0.15) is 18.3 Å². The molecule has 1 rings (SSSR count). The summed E-state index contributed by atoms with van der Waals surface area (Å²) < 4.78 is 2.77. The highest BCUT2D eigenvalue weighted by Crippen LogP contribution is 2.19. The van der Waals surface area contributed by atoms with Crippen molar-refractivity contribution in [3.63, 3.8) is 0 Å². The molecule has 0 bridgehead atoms. The second kappa shape index (κ2) is 5.45. The summed E-state index contributed by atoms with van der Waals surface area (Å²) in [5, 5.41) is 7.37. The first kappa shape index (κ1) is 13.2. The third-order valence-electron chi connectivity index (χ3n) is 2.44. The molecule has 0 saturated carbocycles. The topological polar surface area (TPSA) is 72.9 Å². The fourth-order valence-electron chi connectivity index (χ4n) is 1.53. The van der Waals surface area contributed by atoms with Gasteiger partial charge < -0.3 is 11.1 Å². The van der Waals surface area contributed by atoms with E-state index < -0.39 is 0 Å². The van der Waals surface area contributed by atoms with Crippen LogP contribution < -0.4 is 11.1 Å². The van der Waals surface area contributed by atoms with Gasteiger partial charge in [0.05, 0.1) is 16.7 Å². The van der Waals surface area contributed by atoms with Crippen LogP contribution in [0.15, 0.2) is 4.47 Å². The molecule has 1 atom stereocenters. The first-order valence-electron chi connectivity index (χ1n) is 5.19. The van der Waals surface area contributed by atoms with Crippen LogP contribution in [0.25, 0.3) is 0 Å². The molecular formula is C10H17BrN4O. The zero-order chi connectivity index (χ0) is 12.3. The highest BCUT2D eigenvalue weighted by atomic mass is 79.9. The lowest BCUT2D eigenvalue weighted by Gasteiger charge is -2.15. The van der Waals surface area contributed by atoms with E-state index in [4.69, 9.17) is 5.73 Å². The standard InChI is InChI=1S/C10H17BrN4O/c1-4-13-8(10(12)16)5-15-7(3)9(11)6(2)14-15/h8,13H,4-5H2,1-3H3,(H2,12,16). The maximum Gasteiger partial charge on any atom is 0.236 e. The van der Waals surface area contributed by atoms with Crippen molar-refractivity contribution in [3.05, 3.63) is 15.9 Å². The van der Waals surface area contributed by atoms with E-state index in [1.807, 2.05) is 20.8 Å². The molecule has 3 N–H and O–H groups in total. The predicted molar refractivity (Wildman–Crippen MR) is 66.1 cm³/mol. The number of carbonyl (C=O) groups excluding carboxylic acids is 1. The Balaban J connectivity index is 2.85. The van der Waals surface area contributed by atoms with Gasteiger partial charge in [0.1, 0.15) is 6.04 Å². The zero-order valence-electron chi connectivity index (χ0n) is 9.75. The number of aromatic nitrogens is 2. The van der Waals surface area contributed by atoms with Gasteiger partial charge in [0.2, 0.25) is 5.91 Å². The monoisotopic (exact) mass is 288 g/mol. The molecule has 0 aliphatic heterocycles. The van der Waals surface area contributed by atoms with E-state index in [1.165, 1.54) is 0 Å². The normalized spacial score (nSPS) is 12.8. The smallest absolute Gasteiger partial charge is 0.236 e. The Kier molecular flexibility index (Phi) is 4.49. The van der Waals surface area contributed by atoms with Crippen LogP contribution in [0, 0.1) is 13.8 Å². The summed E-state index contributed by atoms with van der Waals surface area (Å²) in [7, 11) is 0. The lowest BCUT2D eigenvalue weighted by atomic mass is 10.2. The number of carbonyl (C=O) groups is 1. The average molecular weight is 289 g/mol. The fourth-order valence-corrected chi connectivity index (χ4v) is 1.81. The Bertz CT molecular complexity index is 388. The minimum Gasteiger partial charge on any atom is -0.368 e. The molecule has 0 aliphatic carbocycles. The quantitative estimate of drug-likeness (QED) is 0.839. The van der Waals surface area contributed by atoms with Gasteiger partial charge >= 0.3 is 0 Å². The summed E-state index contributed by atoms with van der Waals surface area (Å²) in [5.41, 5.74) is 7.23. The van der Waals surface area contributed by atoms with Crippen LogP contribution in [0.5, 0.6) is 0 Å². The van der Waals surface area contributed by atoms with Crippen LogP contribution in [-0.4, -0.2) is 28.3 Å². The van der Waals surface area contributed by atoms with Crippen LogP contribution in [0.4, 0.5) is 0 Å². The van der Waals surface area contributed by atoms with Gasteiger partial charge in [0.15, 0.2) is 0 Å². The van der Waals surface area contributed by atoms with E-state index in [0.717, 1.165) is 15.9 Å². The highest BCUT2D eigenvalue weighted by Gasteiger charge is 2.17. The molecule has 1 amide bonds. The number of nitrogens with one attached hydrogen (secondary N) is 1. The largest absolute Gasteiger partial charge is 0.368 e. The Morgan fingerprint density at radius 1 is 1.62 bits per heavy atom. The fraction of sp³-hybridized carbons (Fsp3) is 0.600. The van der Waals surface area contributed by atoms with Crippen molar-refractivity contribution in [3.8, 4) is 0 Å². The minimum atomic E-state index is -0.380. The lowest BCUT2D eigenvalue weighted by molar-refractivity contribution is -0.120. The predicted octanol–water partition coefficient (Wildman–Crippen LogP) is 0.726. The van der Waals surface area contributed by atoms with Crippen LogP contribution >= 0.6 is 15.9 Å². The van der Waals surface area contributed by atoms with Gasteiger partial charge in [-0.1, -0.05) is 6.92 Å². The van der Waals surface area contributed by atoms with E-state index in [-0.39, 0.29) is 11.9 Å². The molecular weight excluding hydrogens is 272 g/mol. The molecule has 0 radical (unpaired) electrons. The third kappa shape index (κ3) is 2.82. The Morgan fingerprint density at radius 2 is 2.25 bits per heavy atom. The molecule has 0 fully saturated rings. The van der Waals surface area contributed by atoms with Crippen LogP contribution in [-0.2, 0) is 11.3 Å². The molecule has 5 nitrogen and oxygen atoms in total. The van der Waals surface area contributed by atoms with Gasteiger partial charge in [0.25, 0.3) is 0 Å². The van der Waals surface area contributed by atoms with Gasteiger partial charge in [-0.25, -0.2) is 0 Å². The van der Waals surface area contributed by atoms with E-state index in [2.05, 4.69) is 26.3 Å². The van der Waals surface area contributed by atoms with Crippen LogP contribution in [0.3, 0.4) is 0 Å². The molecule has 0 aromatic carbocycles. The summed E-state index contributed by atoms with van der Waals surface area (Å²) in [5.74, 6) is -0.356. The first-order chi connectivity index (χ1) is 7.47. The second-order valence-corrected chi connectivity index (χ2v) is 4.47. The molecule has 6 heteroatoms. The number of nitrogens with two attached hydrogens (primary N) is 1. The summed E-state index contributed by atoms with van der Waals surface area (Å²) in [6.45, 7) is 6.97. The molecule has 16 heavy (non-hydrogen) atoms. The Labute approximate surface area is 104 Å².